The van der Waals surface area contributed by atoms with E-state index in [1.54, 1.807) is 36.4 Å². The Hall–Kier alpha value is -2.60. The lowest BCUT2D eigenvalue weighted by atomic mass is 10.2. The van der Waals surface area contributed by atoms with Crippen LogP contribution in [0.2, 0.25) is 0 Å². The molecule has 2 rings (SSSR count). The highest BCUT2D eigenvalue weighted by atomic mass is 79.9. The van der Waals surface area contributed by atoms with Gasteiger partial charge in [0.1, 0.15) is 11.5 Å². The number of halogens is 1. The zero-order valence-electron chi connectivity index (χ0n) is 12.2. The minimum atomic E-state index is -0.426. The van der Waals surface area contributed by atoms with Crippen molar-refractivity contribution in [3.05, 3.63) is 76.8 Å². The number of furan rings is 1. The molecule has 1 aromatic heterocycles. The van der Waals surface area contributed by atoms with Crippen molar-refractivity contribution in [3.63, 3.8) is 0 Å². The monoisotopic (exact) mass is 374 g/mol. The van der Waals surface area contributed by atoms with Gasteiger partial charge in [-0.2, -0.15) is 0 Å². The number of carbonyl (C=O) groups is 2. The van der Waals surface area contributed by atoms with E-state index in [0.717, 1.165) is 4.47 Å². The molecular formula is C17H15BrN2O3. The number of rotatable bonds is 6. The molecule has 1 aromatic carbocycles. The van der Waals surface area contributed by atoms with Crippen molar-refractivity contribution in [1.82, 2.24) is 10.6 Å². The SMILES string of the molecule is C=CCNC(=O)/C(=C/c1ccco1)NC(=O)c1cccc(Br)c1. The predicted molar refractivity (Wildman–Crippen MR) is 91.5 cm³/mol. The van der Waals surface area contributed by atoms with Crippen LogP contribution in [-0.2, 0) is 4.79 Å². The molecule has 2 amide bonds. The molecule has 0 bridgehead atoms. The lowest BCUT2D eigenvalue weighted by Crippen LogP contribution is -2.34. The standard InChI is InChI=1S/C17H15BrN2O3/c1-2-8-19-17(22)15(11-14-7-4-9-23-14)20-16(21)12-5-3-6-13(18)10-12/h2-7,9-11H,1,8H2,(H,19,22)(H,20,21)/b15-11-. The maximum Gasteiger partial charge on any atom is 0.268 e. The number of carbonyl (C=O) groups excluding carboxylic acids is 2. The van der Waals surface area contributed by atoms with Gasteiger partial charge in [-0.25, -0.2) is 0 Å². The maximum atomic E-state index is 12.3. The van der Waals surface area contributed by atoms with Crippen LogP contribution >= 0.6 is 15.9 Å². The van der Waals surface area contributed by atoms with Gasteiger partial charge in [0.2, 0.25) is 0 Å². The second kappa shape index (κ2) is 8.14. The molecule has 2 aromatic rings. The van der Waals surface area contributed by atoms with Crippen molar-refractivity contribution in [2.75, 3.05) is 6.54 Å². The lowest BCUT2D eigenvalue weighted by molar-refractivity contribution is -0.117. The summed E-state index contributed by atoms with van der Waals surface area (Å²) in [5.41, 5.74) is 0.521. The van der Waals surface area contributed by atoms with Crippen LogP contribution < -0.4 is 10.6 Å². The van der Waals surface area contributed by atoms with E-state index in [9.17, 15) is 9.59 Å². The number of nitrogens with one attached hydrogen (secondary N) is 2. The smallest absolute Gasteiger partial charge is 0.268 e. The van der Waals surface area contributed by atoms with Crippen LogP contribution in [0.3, 0.4) is 0 Å². The highest BCUT2D eigenvalue weighted by Gasteiger charge is 2.14. The number of hydrogen-bond donors (Lipinski definition) is 2. The topological polar surface area (TPSA) is 71.3 Å². The summed E-state index contributed by atoms with van der Waals surface area (Å²) in [6, 6.07) is 10.3. The average Bonchev–Trinajstić information content (AvgIpc) is 3.05. The van der Waals surface area contributed by atoms with Gasteiger partial charge in [0.25, 0.3) is 11.8 Å². The minimum absolute atomic E-state index is 0.0896. The van der Waals surface area contributed by atoms with Crippen molar-refractivity contribution in [3.8, 4) is 0 Å². The normalized spacial score (nSPS) is 10.9. The average molecular weight is 375 g/mol. The van der Waals surface area contributed by atoms with Gasteiger partial charge in [0, 0.05) is 22.7 Å². The molecule has 0 fully saturated rings. The summed E-state index contributed by atoms with van der Waals surface area (Å²) in [5, 5.41) is 5.22. The van der Waals surface area contributed by atoms with Gasteiger partial charge in [0.05, 0.1) is 6.26 Å². The second-order valence-corrected chi connectivity index (χ2v) is 5.45. The molecular weight excluding hydrogens is 360 g/mol. The van der Waals surface area contributed by atoms with E-state index in [1.807, 2.05) is 6.07 Å². The van der Waals surface area contributed by atoms with E-state index in [-0.39, 0.29) is 5.70 Å². The van der Waals surface area contributed by atoms with Crippen LogP contribution in [0, 0.1) is 0 Å². The molecule has 0 spiro atoms. The van der Waals surface area contributed by atoms with Crippen molar-refractivity contribution in [1.29, 1.82) is 0 Å². The number of hydrogen-bond acceptors (Lipinski definition) is 3. The van der Waals surface area contributed by atoms with Crippen molar-refractivity contribution in [2.45, 2.75) is 0 Å². The molecule has 0 aliphatic carbocycles. The first-order valence-electron chi connectivity index (χ1n) is 6.81. The lowest BCUT2D eigenvalue weighted by Gasteiger charge is -2.10. The van der Waals surface area contributed by atoms with E-state index in [2.05, 4.69) is 33.1 Å². The van der Waals surface area contributed by atoms with Crippen molar-refractivity contribution >= 4 is 33.8 Å². The Morgan fingerprint density at radius 2 is 2.09 bits per heavy atom. The molecule has 1 heterocycles. The minimum Gasteiger partial charge on any atom is -0.465 e. The Morgan fingerprint density at radius 3 is 2.74 bits per heavy atom. The van der Waals surface area contributed by atoms with Gasteiger partial charge >= 0.3 is 0 Å². The predicted octanol–water partition coefficient (Wildman–Crippen LogP) is 3.12. The fourth-order valence-electron chi connectivity index (χ4n) is 1.76. The van der Waals surface area contributed by atoms with Crippen molar-refractivity contribution in [2.24, 2.45) is 0 Å². The molecule has 0 aliphatic heterocycles. The van der Waals surface area contributed by atoms with E-state index in [0.29, 0.717) is 17.9 Å². The summed E-state index contributed by atoms with van der Waals surface area (Å²) in [6.07, 6.45) is 4.51. The highest BCUT2D eigenvalue weighted by Crippen LogP contribution is 2.12. The number of amides is 2. The van der Waals surface area contributed by atoms with Crippen LogP contribution in [0.25, 0.3) is 6.08 Å². The first-order valence-corrected chi connectivity index (χ1v) is 7.60. The third-order valence-corrected chi connectivity index (χ3v) is 3.31. The van der Waals surface area contributed by atoms with Crippen LogP contribution in [0.5, 0.6) is 0 Å². The van der Waals surface area contributed by atoms with Gasteiger partial charge < -0.3 is 15.1 Å². The quantitative estimate of drug-likeness (QED) is 0.602. The first kappa shape index (κ1) is 16.8. The summed E-state index contributed by atoms with van der Waals surface area (Å²) in [6.45, 7) is 3.83. The van der Waals surface area contributed by atoms with Gasteiger partial charge in [-0.3, -0.25) is 9.59 Å². The van der Waals surface area contributed by atoms with Gasteiger partial charge in [-0.05, 0) is 30.3 Å². The molecule has 0 unspecified atom stereocenters. The first-order chi connectivity index (χ1) is 11.1. The van der Waals surface area contributed by atoms with Crippen LogP contribution in [0.4, 0.5) is 0 Å². The van der Waals surface area contributed by atoms with Gasteiger partial charge in [-0.15, -0.1) is 6.58 Å². The van der Waals surface area contributed by atoms with E-state index < -0.39 is 11.8 Å². The molecule has 23 heavy (non-hydrogen) atoms. The molecule has 2 N–H and O–H groups in total. The third-order valence-electron chi connectivity index (χ3n) is 2.82. The molecule has 0 aliphatic rings. The van der Waals surface area contributed by atoms with E-state index >= 15 is 0 Å². The van der Waals surface area contributed by atoms with E-state index in [4.69, 9.17) is 4.42 Å². The van der Waals surface area contributed by atoms with Crippen LogP contribution in [0.1, 0.15) is 16.1 Å². The molecule has 118 valence electrons. The molecule has 6 heteroatoms. The zero-order valence-corrected chi connectivity index (χ0v) is 13.8. The molecule has 5 nitrogen and oxygen atoms in total. The summed E-state index contributed by atoms with van der Waals surface area (Å²) in [4.78, 5) is 24.5. The highest BCUT2D eigenvalue weighted by molar-refractivity contribution is 9.10. The van der Waals surface area contributed by atoms with Gasteiger partial charge in [-0.1, -0.05) is 28.1 Å². The van der Waals surface area contributed by atoms with Crippen LogP contribution in [0.15, 0.2) is 69.9 Å². The van der Waals surface area contributed by atoms with Gasteiger partial charge in [0.15, 0.2) is 0 Å². The third kappa shape index (κ3) is 4.96. The fourth-order valence-corrected chi connectivity index (χ4v) is 2.16. The molecule has 0 saturated heterocycles. The fraction of sp³-hybridized carbons (Fsp3) is 0.0588. The van der Waals surface area contributed by atoms with E-state index in [1.165, 1.54) is 12.3 Å². The summed E-state index contributed by atoms with van der Waals surface area (Å²) < 4.78 is 5.97. The summed E-state index contributed by atoms with van der Waals surface area (Å²) in [5.74, 6) is -0.356. The maximum absolute atomic E-state index is 12.3. The Labute approximate surface area is 142 Å². The Kier molecular flexibility index (Phi) is 5.94. The second-order valence-electron chi connectivity index (χ2n) is 4.54. The Morgan fingerprint density at radius 1 is 1.26 bits per heavy atom. The zero-order chi connectivity index (χ0) is 16.7. The van der Waals surface area contributed by atoms with Crippen LogP contribution in [-0.4, -0.2) is 18.4 Å². The molecule has 0 radical (unpaired) electrons. The Bertz CT molecular complexity index is 736. The largest absolute Gasteiger partial charge is 0.465 e. The number of benzene rings is 1. The summed E-state index contributed by atoms with van der Waals surface area (Å²) in [7, 11) is 0. The molecule has 0 atom stereocenters. The molecule has 0 saturated carbocycles. The summed E-state index contributed by atoms with van der Waals surface area (Å²) >= 11 is 3.31. The van der Waals surface area contributed by atoms with Crippen molar-refractivity contribution < 1.29 is 14.0 Å². The Balaban J connectivity index is 2.22.